The van der Waals surface area contributed by atoms with E-state index in [1.165, 1.54) is 4.57 Å². The van der Waals surface area contributed by atoms with E-state index in [0.29, 0.717) is 18.9 Å². The Hall–Kier alpha value is -2.65. The van der Waals surface area contributed by atoms with Crippen LogP contribution >= 0.6 is 0 Å². The number of benzene rings is 1. The maximum atomic E-state index is 12.0. The summed E-state index contributed by atoms with van der Waals surface area (Å²) in [5, 5.41) is 0. The zero-order valence-corrected chi connectivity index (χ0v) is 11.1. The summed E-state index contributed by atoms with van der Waals surface area (Å²) in [6, 6.07) is 9.49. The van der Waals surface area contributed by atoms with Gasteiger partial charge < -0.3 is 0 Å². The van der Waals surface area contributed by atoms with Crippen molar-refractivity contribution in [2.24, 2.45) is 0 Å². The lowest BCUT2D eigenvalue weighted by molar-refractivity contribution is 0.683. The van der Waals surface area contributed by atoms with Crippen molar-refractivity contribution in [3.63, 3.8) is 0 Å². The molecule has 1 aromatic carbocycles. The predicted octanol–water partition coefficient (Wildman–Crippen LogP) is 0.875. The summed E-state index contributed by atoms with van der Waals surface area (Å²) in [6.07, 6.45) is 5.13. The van der Waals surface area contributed by atoms with E-state index in [1.807, 2.05) is 37.3 Å². The molecule has 0 amide bonds. The number of terminal acetylenes is 1. The number of aromatic nitrogens is 3. The third-order valence-electron chi connectivity index (χ3n) is 2.64. The van der Waals surface area contributed by atoms with Crippen molar-refractivity contribution < 1.29 is 0 Å². The average Bonchev–Trinajstić information content (AvgIpc) is 2.48. The molecule has 1 aromatic heterocycles. The Morgan fingerprint density at radius 1 is 1.30 bits per heavy atom. The molecule has 6 nitrogen and oxygen atoms in total. The van der Waals surface area contributed by atoms with Crippen LogP contribution in [0.2, 0.25) is 0 Å². The number of nitrogens with zero attached hydrogens (tertiary/aromatic N) is 3. The van der Waals surface area contributed by atoms with Crippen molar-refractivity contribution in [3.05, 3.63) is 40.8 Å². The molecule has 0 fully saturated rings. The van der Waals surface area contributed by atoms with Gasteiger partial charge in [-0.1, -0.05) is 36.3 Å². The molecule has 20 heavy (non-hydrogen) atoms. The van der Waals surface area contributed by atoms with Crippen LogP contribution in [0, 0.1) is 12.3 Å². The number of rotatable bonds is 5. The van der Waals surface area contributed by atoms with E-state index in [2.05, 4.69) is 26.7 Å². The fourth-order valence-corrected chi connectivity index (χ4v) is 1.75. The largest absolute Gasteiger partial charge is 0.352 e. The van der Waals surface area contributed by atoms with Crippen LogP contribution in [0.25, 0.3) is 11.4 Å². The van der Waals surface area contributed by atoms with Crippen LogP contribution < -0.4 is 16.5 Å². The molecular weight excluding hydrogens is 254 g/mol. The first-order valence-corrected chi connectivity index (χ1v) is 6.23. The lowest BCUT2D eigenvalue weighted by atomic mass is 10.2. The van der Waals surface area contributed by atoms with Crippen LogP contribution in [0.5, 0.6) is 0 Å². The standard InChI is InChI=1S/C14H15N5O/c1-3-10-15-18-13-16-12(11-8-6-5-7-9-11)19(4-2)14(20)17-13/h1,5-9,15H,4,10H2,2H3,(H,17,18,20). The second kappa shape index (κ2) is 6.50. The Bertz CT molecular complexity index is 672. The number of anilines is 1. The minimum atomic E-state index is -0.355. The summed E-state index contributed by atoms with van der Waals surface area (Å²) in [4.78, 5) is 20.2. The van der Waals surface area contributed by atoms with Gasteiger partial charge in [0, 0.05) is 12.1 Å². The van der Waals surface area contributed by atoms with Gasteiger partial charge in [0.2, 0.25) is 5.95 Å². The van der Waals surface area contributed by atoms with E-state index in [4.69, 9.17) is 6.42 Å². The summed E-state index contributed by atoms with van der Waals surface area (Å²) >= 11 is 0. The number of hydrogen-bond acceptors (Lipinski definition) is 5. The fourth-order valence-electron chi connectivity index (χ4n) is 1.75. The van der Waals surface area contributed by atoms with Crippen molar-refractivity contribution in [2.45, 2.75) is 13.5 Å². The molecule has 2 rings (SSSR count). The van der Waals surface area contributed by atoms with Crippen molar-refractivity contribution >= 4 is 5.95 Å². The molecule has 2 aromatic rings. The van der Waals surface area contributed by atoms with Gasteiger partial charge in [0.25, 0.3) is 0 Å². The molecule has 0 radical (unpaired) electrons. The zero-order valence-electron chi connectivity index (χ0n) is 11.1. The predicted molar refractivity (Wildman–Crippen MR) is 77.9 cm³/mol. The number of nitrogens with one attached hydrogen (secondary N) is 2. The molecule has 0 aliphatic carbocycles. The van der Waals surface area contributed by atoms with Gasteiger partial charge in [-0.2, -0.15) is 9.97 Å². The number of hydrazine groups is 1. The molecule has 0 saturated carbocycles. The second-order valence-corrected chi connectivity index (χ2v) is 3.95. The molecule has 0 saturated heterocycles. The van der Waals surface area contributed by atoms with Crippen molar-refractivity contribution in [1.82, 2.24) is 20.0 Å². The molecular formula is C14H15N5O. The summed E-state index contributed by atoms with van der Waals surface area (Å²) < 4.78 is 1.52. The molecule has 6 heteroatoms. The van der Waals surface area contributed by atoms with Gasteiger partial charge in [0.15, 0.2) is 0 Å². The lowest BCUT2D eigenvalue weighted by Gasteiger charge is -2.11. The van der Waals surface area contributed by atoms with E-state index in [0.717, 1.165) is 5.56 Å². The Kier molecular flexibility index (Phi) is 4.47. The van der Waals surface area contributed by atoms with Gasteiger partial charge in [-0.3, -0.25) is 9.99 Å². The molecule has 0 unspecified atom stereocenters. The first-order chi connectivity index (χ1) is 9.76. The summed E-state index contributed by atoms with van der Waals surface area (Å²) in [7, 11) is 0. The van der Waals surface area contributed by atoms with Crippen molar-refractivity contribution in [2.75, 3.05) is 12.0 Å². The van der Waals surface area contributed by atoms with Crippen LogP contribution in [0.3, 0.4) is 0 Å². The minimum Gasteiger partial charge on any atom is -0.289 e. The van der Waals surface area contributed by atoms with E-state index < -0.39 is 0 Å². The third-order valence-corrected chi connectivity index (χ3v) is 2.64. The van der Waals surface area contributed by atoms with E-state index in [9.17, 15) is 4.79 Å². The van der Waals surface area contributed by atoms with Gasteiger partial charge in [-0.15, -0.1) is 6.42 Å². The van der Waals surface area contributed by atoms with Crippen LogP contribution in [-0.4, -0.2) is 21.1 Å². The molecule has 0 atom stereocenters. The molecule has 102 valence electrons. The molecule has 0 aliphatic rings. The Labute approximate surface area is 116 Å². The summed E-state index contributed by atoms with van der Waals surface area (Å²) in [5.74, 6) is 3.18. The SMILES string of the molecule is C#CCNNc1nc(-c2ccccc2)n(CC)c(=O)n1. The maximum Gasteiger partial charge on any atom is 0.352 e. The molecule has 0 spiro atoms. The monoisotopic (exact) mass is 269 g/mol. The Balaban J connectivity index is 2.43. The van der Waals surface area contributed by atoms with Crippen LogP contribution in [0.15, 0.2) is 35.1 Å². The highest BCUT2D eigenvalue weighted by molar-refractivity contribution is 5.56. The molecule has 0 bridgehead atoms. The highest BCUT2D eigenvalue weighted by atomic mass is 16.1. The fraction of sp³-hybridized carbons (Fsp3) is 0.214. The minimum absolute atomic E-state index is 0.203. The van der Waals surface area contributed by atoms with Crippen LogP contribution in [-0.2, 0) is 6.54 Å². The normalized spacial score (nSPS) is 10.0. The quantitative estimate of drug-likeness (QED) is 0.479. The summed E-state index contributed by atoms with van der Waals surface area (Å²) in [6.45, 7) is 2.68. The zero-order chi connectivity index (χ0) is 14.4. The van der Waals surface area contributed by atoms with Crippen molar-refractivity contribution in [3.8, 4) is 23.7 Å². The first-order valence-electron chi connectivity index (χ1n) is 6.23. The van der Waals surface area contributed by atoms with Crippen LogP contribution in [0.1, 0.15) is 6.92 Å². The van der Waals surface area contributed by atoms with Gasteiger partial charge in [0.1, 0.15) is 5.82 Å². The van der Waals surface area contributed by atoms with E-state index in [1.54, 1.807) is 0 Å². The summed E-state index contributed by atoms with van der Waals surface area (Å²) in [5.41, 5.74) is 5.96. The Morgan fingerprint density at radius 3 is 2.70 bits per heavy atom. The lowest BCUT2D eigenvalue weighted by Crippen LogP contribution is -2.30. The third kappa shape index (κ3) is 3.02. The highest BCUT2D eigenvalue weighted by Crippen LogP contribution is 2.15. The van der Waals surface area contributed by atoms with Crippen molar-refractivity contribution in [1.29, 1.82) is 0 Å². The van der Waals surface area contributed by atoms with Gasteiger partial charge in [0.05, 0.1) is 6.54 Å². The smallest absolute Gasteiger partial charge is 0.289 e. The highest BCUT2D eigenvalue weighted by Gasteiger charge is 2.10. The number of hydrogen-bond donors (Lipinski definition) is 2. The Morgan fingerprint density at radius 2 is 2.05 bits per heavy atom. The maximum absolute atomic E-state index is 12.0. The molecule has 1 heterocycles. The van der Waals surface area contributed by atoms with E-state index in [-0.39, 0.29) is 11.6 Å². The van der Waals surface area contributed by atoms with E-state index >= 15 is 0 Å². The molecule has 0 aliphatic heterocycles. The van der Waals surface area contributed by atoms with Gasteiger partial charge >= 0.3 is 5.69 Å². The van der Waals surface area contributed by atoms with Crippen LogP contribution in [0.4, 0.5) is 5.95 Å². The topological polar surface area (TPSA) is 71.8 Å². The average molecular weight is 269 g/mol. The first kappa shape index (κ1) is 13.8. The van der Waals surface area contributed by atoms with Gasteiger partial charge in [-0.25, -0.2) is 10.2 Å². The molecule has 2 N–H and O–H groups in total. The van der Waals surface area contributed by atoms with Gasteiger partial charge in [-0.05, 0) is 6.92 Å². The second-order valence-electron chi connectivity index (χ2n) is 3.95.